The van der Waals surface area contributed by atoms with Crippen LogP contribution in [-0.2, 0) is 6.54 Å². The molecule has 0 saturated heterocycles. The monoisotopic (exact) mass is 355 g/mol. The molecule has 20 heavy (non-hydrogen) atoms. The van der Waals surface area contributed by atoms with Gasteiger partial charge in [-0.05, 0) is 37.1 Å². The summed E-state index contributed by atoms with van der Waals surface area (Å²) >= 11 is 9.62. The predicted octanol–water partition coefficient (Wildman–Crippen LogP) is 4.34. The molecule has 0 fully saturated rings. The third kappa shape index (κ3) is 3.84. The Balaban J connectivity index is 2.28. The van der Waals surface area contributed by atoms with Gasteiger partial charge in [-0.3, -0.25) is 0 Å². The van der Waals surface area contributed by atoms with Gasteiger partial charge in [0.15, 0.2) is 0 Å². The van der Waals surface area contributed by atoms with Crippen molar-refractivity contribution in [3.8, 4) is 5.69 Å². The van der Waals surface area contributed by atoms with Crippen molar-refractivity contribution in [2.45, 2.75) is 27.3 Å². The zero-order valence-electron chi connectivity index (χ0n) is 12.0. The summed E-state index contributed by atoms with van der Waals surface area (Å²) in [6.45, 7) is 8.12. The summed E-state index contributed by atoms with van der Waals surface area (Å²) in [5.41, 5.74) is 3.09. The van der Waals surface area contributed by atoms with E-state index in [1.54, 1.807) is 0 Å². The quantitative estimate of drug-likeness (QED) is 0.863. The highest BCUT2D eigenvalue weighted by atomic mass is 79.9. The summed E-state index contributed by atoms with van der Waals surface area (Å²) in [5, 5.41) is 8.61. The number of hydrogen-bond acceptors (Lipinski definition) is 2. The van der Waals surface area contributed by atoms with Gasteiger partial charge in [0.25, 0.3) is 0 Å². The molecule has 1 aromatic carbocycles. The van der Waals surface area contributed by atoms with Crippen molar-refractivity contribution >= 4 is 27.5 Å². The summed E-state index contributed by atoms with van der Waals surface area (Å²) in [4.78, 5) is 0. The average molecular weight is 357 g/mol. The van der Waals surface area contributed by atoms with E-state index in [0.29, 0.717) is 10.9 Å². The average Bonchev–Trinajstić information content (AvgIpc) is 2.71. The fourth-order valence-corrected chi connectivity index (χ4v) is 2.44. The Morgan fingerprint density at radius 3 is 2.75 bits per heavy atom. The molecule has 1 heterocycles. The Bertz CT molecular complexity index is 573. The van der Waals surface area contributed by atoms with E-state index in [1.807, 2.05) is 23.9 Å². The van der Waals surface area contributed by atoms with E-state index >= 15 is 0 Å². The molecule has 0 spiro atoms. The zero-order valence-corrected chi connectivity index (χ0v) is 14.3. The number of hydrogen-bond donors (Lipinski definition) is 1. The first-order chi connectivity index (χ1) is 9.47. The van der Waals surface area contributed by atoms with Gasteiger partial charge in [0.2, 0.25) is 0 Å². The maximum absolute atomic E-state index is 6.11. The van der Waals surface area contributed by atoms with Crippen LogP contribution >= 0.6 is 27.5 Å². The van der Waals surface area contributed by atoms with Crippen LogP contribution in [0.25, 0.3) is 5.69 Å². The van der Waals surface area contributed by atoms with Crippen molar-refractivity contribution < 1.29 is 0 Å². The molecule has 5 heteroatoms. The molecule has 108 valence electrons. The number of benzene rings is 1. The van der Waals surface area contributed by atoms with Crippen LogP contribution in [0.5, 0.6) is 0 Å². The molecule has 0 aliphatic carbocycles. The molecule has 0 radical (unpaired) electrons. The molecule has 0 aliphatic rings. The highest BCUT2D eigenvalue weighted by molar-refractivity contribution is 9.10. The van der Waals surface area contributed by atoms with Crippen LogP contribution in [0.3, 0.4) is 0 Å². The van der Waals surface area contributed by atoms with Crippen molar-refractivity contribution in [1.82, 2.24) is 15.1 Å². The molecule has 0 saturated carbocycles. The summed E-state index contributed by atoms with van der Waals surface area (Å²) in [7, 11) is 0. The van der Waals surface area contributed by atoms with E-state index in [4.69, 9.17) is 11.6 Å². The molecule has 0 atom stereocenters. The number of nitrogens with one attached hydrogen (secondary N) is 1. The molecular weight excluding hydrogens is 338 g/mol. The van der Waals surface area contributed by atoms with Gasteiger partial charge in [-0.1, -0.05) is 47.4 Å². The third-order valence-corrected chi connectivity index (χ3v) is 3.87. The molecule has 0 amide bonds. The minimum atomic E-state index is 0.635. The van der Waals surface area contributed by atoms with Crippen LogP contribution in [0.4, 0.5) is 0 Å². The largest absolute Gasteiger partial charge is 0.312 e. The van der Waals surface area contributed by atoms with Crippen molar-refractivity contribution in [2.24, 2.45) is 5.92 Å². The molecule has 0 aliphatic heterocycles. The number of rotatable bonds is 5. The van der Waals surface area contributed by atoms with Crippen LogP contribution in [-0.4, -0.2) is 16.3 Å². The molecule has 1 aromatic heterocycles. The lowest BCUT2D eigenvalue weighted by atomic mass is 10.1. The fourth-order valence-electron chi connectivity index (χ4n) is 1.96. The van der Waals surface area contributed by atoms with Gasteiger partial charge in [0.1, 0.15) is 0 Å². The lowest BCUT2D eigenvalue weighted by molar-refractivity contribution is 0.551. The minimum absolute atomic E-state index is 0.635. The number of halogens is 2. The Morgan fingerprint density at radius 1 is 1.40 bits per heavy atom. The van der Waals surface area contributed by atoms with Gasteiger partial charge >= 0.3 is 0 Å². The van der Waals surface area contributed by atoms with Gasteiger partial charge in [0.05, 0.1) is 16.4 Å². The second kappa shape index (κ2) is 6.74. The molecule has 2 rings (SSSR count). The van der Waals surface area contributed by atoms with E-state index in [2.05, 4.69) is 52.3 Å². The Morgan fingerprint density at radius 2 is 2.15 bits per heavy atom. The Hall–Kier alpha value is -0.840. The van der Waals surface area contributed by atoms with Crippen LogP contribution < -0.4 is 5.32 Å². The van der Waals surface area contributed by atoms with Gasteiger partial charge in [-0.15, -0.1) is 0 Å². The van der Waals surface area contributed by atoms with E-state index < -0.39 is 0 Å². The summed E-state index contributed by atoms with van der Waals surface area (Å²) in [5.74, 6) is 0.635. The summed E-state index contributed by atoms with van der Waals surface area (Å²) < 4.78 is 2.87. The molecule has 1 N–H and O–H groups in total. The highest BCUT2D eigenvalue weighted by Crippen LogP contribution is 2.23. The highest BCUT2D eigenvalue weighted by Gasteiger charge is 2.09. The van der Waals surface area contributed by atoms with Crippen LogP contribution in [0.2, 0.25) is 5.02 Å². The van der Waals surface area contributed by atoms with Crippen LogP contribution in [0.1, 0.15) is 25.1 Å². The zero-order chi connectivity index (χ0) is 14.7. The van der Waals surface area contributed by atoms with E-state index in [1.165, 1.54) is 5.56 Å². The maximum Gasteiger partial charge on any atom is 0.0819 e. The molecule has 3 nitrogen and oxygen atoms in total. The van der Waals surface area contributed by atoms with Gasteiger partial charge < -0.3 is 5.32 Å². The van der Waals surface area contributed by atoms with Crippen LogP contribution in [0, 0.1) is 12.8 Å². The maximum atomic E-state index is 6.11. The number of aromatic nitrogens is 2. The second-order valence-electron chi connectivity index (χ2n) is 5.30. The van der Waals surface area contributed by atoms with Gasteiger partial charge in [-0.25, -0.2) is 4.68 Å². The molecule has 0 unspecified atom stereocenters. The first-order valence-electron chi connectivity index (χ1n) is 6.68. The standard InChI is InChI=1S/C15H19BrClN3/c1-10(2)7-18-8-12-4-5-13(16)6-15(12)20-9-14(17)11(3)19-20/h4-6,9-10,18H,7-8H2,1-3H3. The van der Waals surface area contributed by atoms with E-state index in [-0.39, 0.29) is 0 Å². The first-order valence-corrected chi connectivity index (χ1v) is 7.85. The van der Waals surface area contributed by atoms with E-state index in [9.17, 15) is 0 Å². The van der Waals surface area contributed by atoms with Crippen molar-refractivity contribution in [1.29, 1.82) is 0 Å². The first kappa shape index (κ1) is 15.5. The lowest BCUT2D eigenvalue weighted by Gasteiger charge is -2.12. The van der Waals surface area contributed by atoms with Gasteiger partial charge in [0, 0.05) is 17.2 Å². The van der Waals surface area contributed by atoms with Crippen molar-refractivity contribution in [3.05, 3.63) is 45.1 Å². The molecular formula is C15H19BrClN3. The van der Waals surface area contributed by atoms with Crippen molar-refractivity contribution in [2.75, 3.05) is 6.54 Å². The van der Waals surface area contributed by atoms with Crippen molar-refractivity contribution in [3.63, 3.8) is 0 Å². The second-order valence-corrected chi connectivity index (χ2v) is 6.63. The Labute approximate surface area is 133 Å². The number of nitrogens with zero attached hydrogens (tertiary/aromatic N) is 2. The van der Waals surface area contributed by atoms with E-state index in [0.717, 1.165) is 28.9 Å². The normalized spacial score (nSPS) is 11.3. The number of aryl methyl sites for hydroxylation is 1. The fraction of sp³-hybridized carbons (Fsp3) is 0.400. The molecule has 2 aromatic rings. The minimum Gasteiger partial charge on any atom is -0.312 e. The SMILES string of the molecule is Cc1nn(-c2cc(Br)ccc2CNCC(C)C)cc1Cl. The van der Waals surface area contributed by atoms with Gasteiger partial charge in [-0.2, -0.15) is 5.10 Å². The predicted molar refractivity (Wildman–Crippen MR) is 87.6 cm³/mol. The molecule has 0 bridgehead atoms. The summed E-state index contributed by atoms with van der Waals surface area (Å²) in [6, 6.07) is 6.22. The third-order valence-electron chi connectivity index (χ3n) is 3.00. The smallest absolute Gasteiger partial charge is 0.0819 e. The summed E-state index contributed by atoms with van der Waals surface area (Å²) in [6.07, 6.45) is 1.85. The lowest BCUT2D eigenvalue weighted by Crippen LogP contribution is -2.20. The Kier molecular flexibility index (Phi) is 5.24. The topological polar surface area (TPSA) is 29.9 Å². The van der Waals surface area contributed by atoms with Crippen LogP contribution in [0.15, 0.2) is 28.9 Å².